The molecule has 2 aromatic carbocycles. The van der Waals surface area contributed by atoms with Crippen molar-refractivity contribution >= 4 is 10.9 Å². The first kappa shape index (κ1) is 16.4. The number of nitrogens with zero attached hydrogens (tertiary/aromatic N) is 1. The smallest absolute Gasteiger partial charge is 0.128 e. The summed E-state index contributed by atoms with van der Waals surface area (Å²) in [6, 6.07) is 15.0. The van der Waals surface area contributed by atoms with Crippen LogP contribution in [0.5, 0.6) is 11.5 Å². The van der Waals surface area contributed by atoms with Crippen LogP contribution < -0.4 is 4.74 Å². The van der Waals surface area contributed by atoms with E-state index in [-0.39, 0.29) is 12.4 Å². The van der Waals surface area contributed by atoms with Gasteiger partial charge in [-0.25, -0.2) is 0 Å². The van der Waals surface area contributed by atoms with E-state index < -0.39 is 6.10 Å². The van der Waals surface area contributed by atoms with Crippen LogP contribution in [0.2, 0.25) is 0 Å². The van der Waals surface area contributed by atoms with Crippen LogP contribution in [0.25, 0.3) is 10.9 Å². The molecule has 1 atom stereocenters. The van der Waals surface area contributed by atoms with Crippen molar-refractivity contribution in [2.75, 3.05) is 20.2 Å². The van der Waals surface area contributed by atoms with Crippen molar-refractivity contribution in [3.8, 4) is 11.5 Å². The van der Waals surface area contributed by atoms with E-state index in [4.69, 9.17) is 4.74 Å². The van der Waals surface area contributed by atoms with Gasteiger partial charge >= 0.3 is 0 Å². The van der Waals surface area contributed by atoms with E-state index >= 15 is 0 Å². The number of ether oxygens (including phenoxy) is 1. The molecule has 24 heavy (non-hydrogen) atoms. The Morgan fingerprint density at radius 3 is 2.79 bits per heavy atom. The average Bonchev–Trinajstić information content (AvgIpc) is 3.04. The highest BCUT2D eigenvalue weighted by atomic mass is 16.5. The predicted molar refractivity (Wildman–Crippen MR) is 94.2 cm³/mol. The summed E-state index contributed by atoms with van der Waals surface area (Å²) in [7, 11) is 1.91. The van der Waals surface area contributed by atoms with Crippen LogP contribution in [0.3, 0.4) is 0 Å². The molecular formula is C19H22N2O3. The van der Waals surface area contributed by atoms with E-state index in [2.05, 4.69) is 4.98 Å². The monoisotopic (exact) mass is 326 g/mol. The highest BCUT2D eigenvalue weighted by molar-refractivity contribution is 5.85. The maximum absolute atomic E-state index is 10.2. The standard InChI is InChI=1S/C19H22N2O3/c1-21(11-14-5-2-3-7-18(14)23)12-15(22)13-24-19-8-4-6-17-16(19)9-10-20-17/h2-10,15,20,22-23H,11-13H2,1H3. The van der Waals surface area contributed by atoms with Gasteiger partial charge in [-0.3, -0.25) is 4.90 Å². The minimum Gasteiger partial charge on any atom is -0.508 e. The molecule has 0 amide bonds. The summed E-state index contributed by atoms with van der Waals surface area (Å²) in [5, 5.41) is 21.0. The Labute approximate surface area is 141 Å². The molecule has 3 aromatic rings. The molecule has 0 fully saturated rings. The van der Waals surface area contributed by atoms with Crippen molar-refractivity contribution in [2.24, 2.45) is 0 Å². The van der Waals surface area contributed by atoms with Gasteiger partial charge in [-0.1, -0.05) is 24.3 Å². The van der Waals surface area contributed by atoms with Gasteiger partial charge in [0.05, 0.1) is 0 Å². The molecule has 0 aliphatic heterocycles. The molecule has 5 nitrogen and oxygen atoms in total. The fourth-order valence-electron chi connectivity index (χ4n) is 2.78. The average molecular weight is 326 g/mol. The third-order valence-corrected chi connectivity index (χ3v) is 3.94. The number of aromatic amines is 1. The van der Waals surface area contributed by atoms with E-state index in [1.165, 1.54) is 0 Å². The minimum absolute atomic E-state index is 0.218. The molecule has 0 saturated carbocycles. The van der Waals surface area contributed by atoms with Crippen LogP contribution in [0.15, 0.2) is 54.7 Å². The van der Waals surface area contributed by atoms with Crippen molar-refractivity contribution < 1.29 is 14.9 Å². The maximum atomic E-state index is 10.2. The van der Waals surface area contributed by atoms with Crippen molar-refractivity contribution in [3.05, 3.63) is 60.3 Å². The summed E-state index contributed by atoms with van der Waals surface area (Å²) >= 11 is 0. The molecule has 1 aromatic heterocycles. The first-order valence-electron chi connectivity index (χ1n) is 7.96. The highest BCUT2D eigenvalue weighted by Crippen LogP contribution is 2.24. The Kier molecular flexibility index (Phi) is 5.03. The molecule has 0 aliphatic rings. The van der Waals surface area contributed by atoms with Crippen molar-refractivity contribution in [1.82, 2.24) is 9.88 Å². The Morgan fingerprint density at radius 2 is 1.96 bits per heavy atom. The second-order valence-electron chi connectivity index (χ2n) is 5.99. The molecule has 0 radical (unpaired) electrons. The molecule has 0 aliphatic carbocycles. The first-order chi connectivity index (χ1) is 11.6. The number of aliphatic hydroxyl groups excluding tert-OH is 1. The van der Waals surface area contributed by atoms with E-state index in [9.17, 15) is 10.2 Å². The van der Waals surface area contributed by atoms with Crippen LogP contribution in [0.1, 0.15) is 5.56 Å². The number of para-hydroxylation sites is 1. The normalized spacial score (nSPS) is 12.6. The minimum atomic E-state index is -0.616. The number of likely N-dealkylation sites (N-methyl/N-ethyl adjacent to an activating group) is 1. The number of H-pyrrole nitrogens is 1. The van der Waals surface area contributed by atoms with Crippen LogP contribution in [0.4, 0.5) is 0 Å². The summed E-state index contributed by atoms with van der Waals surface area (Å²) in [4.78, 5) is 5.10. The fraction of sp³-hybridized carbons (Fsp3) is 0.263. The van der Waals surface area contributed by atoms with E-state index in [1.54, 1.807) is 12.1 Å². The van der Waals surface area contributed by atoms with Crippen molar-refractivity contribution in [1.29, 1.82) is 0 Å². The first-order valence-corrected chi connectivity index (χ1v) is 7.96. The lowest BCUT2D eigenvalue weighted by Gasteiger charge is -2.21. The molecule has 3 rings (SSSR count). The van der Waals surface area contributed by atoms with Gasteiger partial charge in [0.15, 0.2) is 0 Å². The van der Waals surface area contributed by atoms with Crippen LogP contribution >= 0.6 is 0 Å². The summed E-state index contributed by atoms with van der Waals surface area (Å²) in [5.41, 5.74) is 1.85. The van der Waals surface area contributed by atoms with Gasteiger partial charge in [0.1, 0.15) is 24.2 Å². The zero-order valence-electron chi connectivity index (χ0n) is 13.6. The molecule has 0 bridgehead atoms. The number of fused-ring (bicyclic) bond motifs is 1. The maximum Gasteiger partial charge on any atom is 0.128 e. The Balaban J connectivity index is 1.53. The lowest BCUT2D eigenvalue weighted by atomic mass is 10.2. The number of aromatic nitrogens is 1. The lowest BCUT2D eigenvalue weighted by Crippen LogP contribution is -2.32. The van der Waals surface area contributed by atoms with Gasteiger partial charge in [0.25, 0.3) is 0 Å². The van der Waals surface area contributed by atoms with E-state index in [0.29, 0.717) is 13.1 Å². The highest BCUT2D eigenvalue weighted by Gasteiger charge is 2.12. The second-order valence-corrected chi connectivity index (χ2v) is 5.99. The predicted octanol–water partition coefficient (Wildman–Crippen LogP) is 2.75. The van der Waals surface area contributed by atoms with Crippen molar-refractivity contribution in [2.45, 2.75) is 12.6 Å². The molecule has 1 heterocycles. The third-order valence-electron chi connectivity index (χ3n) is 3.94. The number of hydrogen-bond donors (Lipinski definition) is 3. The van der Waals surface area contributed by atoms with E-state index in [0.717, 1.165) is 22.2 Å². The Morgan fingerprint density at radius 1 is 1.12 bits per heavy atom. The number of hydrogen-bond acceptors (Lipinski definition) is 4. The summed E-state index contributed by atoms with van der Waals surface area (Å²) in [5.74, 6) is 1.03. The summed E-state index contributed by atoms with van der Waals surface area (Å²) < 4.78 is 5.77. The number of aromatic hydroxyl groups is 1. The SMILES string of the molecule is CN(Cc1ccccc1O)CC(O)COc1cccc2[nH]ccc12. The van der Waals surface area contributed by atoms with Gasteiger partial charge < -0.3 is 19.9 Å². The molecular weight excluding hydrogens is 304 g/mol. The number of benzene rings is 2. The quantitative estimate of drug-likeness (QED) is 0.624. The molecule has 5 heteroatoms. The van der Waals surface area contributed by atoms with Gasteiger partial charge in [-0.2, -0.15) is 0 Å². The molecule has 1 unspecified atom stereocenters. The fourth-order valence-corrected chi connectivity index (χ4v) is 2.78. The van der Waals surface area contributed by atoms with Gasteiger partial charge in [0, 0.05) is 35.8 Å². The van der Waals surface area contributed by atoms with Crippen LogP contribution in [-0.2, 0) is 6.54 Å². The largest absolute Gasteiger partial charge is 0.508 e. The topological polar surface area (TPSA) is 68.7 Å². The summed E-state index contributed by atoms with van der Waals surface area (Å²) in [6.45, 7) is 1.24. The van der Waals surface area contributed by atoms with Gasteiger partial charge in [-0.15, -0.1) is 0 Å². The zero-order chi connectivity index (χ0) is 16.9. The zero-order valence-corrected chi connectivity index (χ0v) is 13.6. The van der Waals surface area contributed by atoms with Gasteiger partial charge in [-0.05, 0) is 31.3 Å². The number of aliphatic hydroxyl groups is 1. The number of nitrogens with one attached hydrogen (secondary N) is 1. The second kappa shape index (κ2) is 7.38. The van der Waals surface area contributed by atoms with Crippen LogP contribution in [0, 0.1) is 0 Å². The number of phenols is 1. The summed E-state index contributed by atoms with van der Waals surface area (Å²) in [6.07, 6.45) is 1.25. The van der Waals surface area contributed by atoms with E-state index in [1.807, 2.05) is 54.5 Å². The molecule has 126 valence electrons. The van der Waals surface area contributed by atoms with Crippen LogP contribution in [-0.4, -0.2) is 46.4 Å². The number of rotatable bonds is 7. The third kappa shape index (κ3) is 3.88. The molecule has 0 spiro atoms. The molecule has 3 N–H and O–H groups in total. The molecule has 0 saturated heterocycles. The lowest BCUT2D eigenvalue weighted by molar-refractivity contribution is 0.0748. The number of phenolic OH excluding ortho intramolecular Hbond substituents is 1. The van der Waals surface area contributed by atoms with Crippen molar-refractivity contribution in [3.63, 3.8) is 0 Å². The van der Waals surface area contributed by atoms with Gasteiger partial charge in [0.2, 0.25) is 0 Å². The Bertz CT molecular complexity index is 800. The Hall–Kier alpha value is -2.50.